The predicted molar refractivity (Wildman–Crippen MR) is 147 cm³/mol. The number of amides is 2. The fourth-order valence-electron chi connectivity index (χ4n) is 4.35. The second-order valence-electron chi connectivity index (χ2n) is 9.13. The summed E-state index contributed by atoms with van der Waals surface area (Å²) >= 11 is 0. The SMILES string of the molecule is CNC(=O)c1ccc(NC(=O)C(Cc2ccn(C)n2)n2cc(OC)c(-c3cc(C)ccc3C#N)cc2=O)cc1F. The van der Waals surface area contributed by atoms with Crippen molar-refractivity contribution < 1.29 is 18.7 Å². The number of nitriles is 1. The van der Waals surface area contributed by atoms with Gasteiger partial charge in [-0.15, -0.1) is 0 Å². The largest absolute Gasteiger partial charge is 0.495 e. The van der Waals surface area contributed by atoms with E-state index in [1.165, 1.54) is 43.1 Å². The molecule has 1 unspecified atom stereocenters. The molecule has 0 fully saturated rings. The maximum absolute atomic E-state index is 14.6. The van der Waals surface area contributed by atoms with Crippen molar-refractivity contribution in [3.8, 4) is 22.9 Å². The van der Waals surface area contributed by atoms with Gasteiger partial charge in [0.15, 0.2) is 0 Å². The molecule has 40 heavy (non-hydrogen) atoms. The fourth-order valence-corrected chi connectivity index (χ4v) is 4.35. The van der Waals surface area contributed by atoms with Crippen LogP contribution in [-0.2, 0) is 18.3 Å². The first kappa shape index (κ1) is 27.8. The van der Waals surface area contributed by atoms with Crippen molar-refractivity contribution in [3.63, 3.8) is 0 Å². The molecule has 0 radical (unpaired) electrons. The van der Waals surface area contributed by atoms with Crippen LogP contribution in [-0.4, -0.2) is 40.3 Å². The van der Waals surface area contributed by atoms with Gasteiger partial charge in [-0.1, -0.05) is 11.6 Å². The molecule has 4 aromatic rings. The molecule has 2 aromatic carbocycles. The number of ether oxygens (including phenoxy) is 1. The molecular formula is C29H27FN6O4. The van der Waals surface area contributed by atoms with Gasteiger partial charge in [0.1, 0.15) is 17.6 Å². The Labute approximate surface area is 229 Å². The van der Waals surface area contributed by atoms with Crippen LogP contribution in [0.3, 0.4) is 0 Å². The zero-order valence-corrected chi connectivity index (χ0v) is 22.4. The molecule has 11 heteroatoms. The number of benzene rings is 2. The zero-order valence-electron chi connectivity index (χ0n) is 22.4. The number of hydrogen-bond donors (Lipinski definition) is 2. The highest BCUT2D eigenvalue weighted by Crippen LogP contribution is 2.32. The summed E-state index contributed by atoms with van der Waals surface area (Å²) in [7, 11) is 4.55. The Bertz CT molecular complexity index is 1700. The number of carbonyl (C=O) groups excluding carboxylic acids is 2. The van der Waals surface area contributed by atoms with Crippen LogP contribution < -0.4 is 20.9 Å². The standard InChI is InChI=1S/C29H27FN6O4/c1-17-5-6-18(15-31)22(11-17)23-14-27(37)36(16-26(23)40-4)25(13-20-9-10-35(3)34-20)29(39)33-19-7-8-21(24(30)12-19)28(38)32-2/h5-12,14,16,25H,13H2,1-4H3,(H,32,38)(H,33,39). The molecule has 10 nitrogen and oxygen atoms in total. The lowest BCUT2D eigenvalue weighted by Crippen LogP contribution is -2.34. The molecule has 2 amide bonds. The Morgan fingerprint density at radius 3 is 2.55 bits per heavy atom. The summed E-state index contributed by atoms with van der Waals surface area (Å²) in [5.41, 5.74) is 2.16. The highest BCUT2D eigenvalue weighted by molar-refractivity contribution is 5.97. The van der Waals surface area contributed by atoms with E-state index in [-0.39, 0.29) is 23.4 Å². The van der Waals surface area contributed by atoms with E-state index >= 15 is 0 Å². The zero-order chi connectivity index (χ0) is 29.0. The van der Waals surface area contributed by atoms with Gasteiger partial charge in [-0.05, 0) is 43.3 Å². The molecule has 0 spiro atoms. The number of nitrogens with zero attached hydrogens (tertiary/aromatic N) is 4. The Kier molecular flexibility index (Phi) is 8.09. The Balaban J connectivity index is 1.77. The van der Waals surface area contributed by atoms with Gasteiger partial charge in [0.2, 0.25) is 5.91 Å². The summed E-state index contributed by atoms with van der Waals surface area (Å²) in [6.07, 6.45) is 3.18. The predicted octanol–water partition coefficient (Wildman–Crippen LogP) is 3.36. The molecule has 0 aliphatic rings. The molecule has 0 saturated heterocycles. The minimum absolute atomic E-state index is 0.0434. The van der Waals surface area contributed by atoms with Crippen LogP contribution in [0.5, 0.6) is 5.75 Å². The van der Waals surface area contributed by atoms with E-state index in [9.17, 15) is 24.0 Å². The molecule has 2 aromatic heterocycles. The van der Waals surface area contributed by atoms with Crippen LogP contribution in [0, 0.1) is 24.1 Å². The van der Waals surface area contributed by atoms with E-state index in [2.05, 4.69) is 21.8 Å². The van der Waals surface area contributed by atoms with Gasteiger partial charge in [0.05, 0.1) is 36.2 Å². The van der Waals surface area contributed by atoms with Crippen molar-refractivity contribution in [1.82, 2.24) is 19.7 Å². The molecular weight excluding hydrogens is 515 g/mol. The number of pyridine rings is 1. The molecule has 2 heterocycles. The third-order valence-corrected chi connectivity index (χ3v) is 6.37. The number of hydrogen-bond acceptors (Lipinski definition) is 6. The lowest BCUT2D eigenvalue weighted by atomic mass is 9.98. The summed E-state index contributed by atoms with van der Waals surface area (Å²) in [5.74, 6) is -1.74. The highest BCUT2D eigenvalue weighted by atomic mass is 19.1. The number of aromatic nitrogens is 3. The first-order valence-electron chi connectivity index (χ1n) is 12.3. The van der Waals surface area contributed by atoms with Gasteiger partial charge in [-0.3, -0.25) is 23.6 Å². The first-order valence-corrected chi connectivity index (χ1v) is 12.3. The number of rotatable bonds is 8. The van der Waals surface area contributed by atoms with Crippen LogP contribution in [0.1, 0.15) is 33.2 Å². The van der Waals surface area contributed by atoms with Crippen molar-refractivity contribution in [2.24, 2.45) is 7.05 Å². The lowest BCUT2D eigenvalue weighted by Gasteiger charge is -2.21. The normalized spacial score (nSPS) is 11.4. The highest BCUT2D eigenvalue weighted by Gasteiger charge is 2.26. The van der Waals surface area contributed by atoms with Gasteiger partial charge in [0.25, 0.3) is 11.5 Å². The number of carbonyl (C=O) groups is 2. The monoisotopic (exact) mass is 542 g/mol. The van der Waals surface area contributed by atoms with E-state index in [0.717, 1.165) is 11.6 Å². The van der Waals surface area contributed by atoms with Crippen molar-refractivity contribution in [3.05, 3.63) is 99.5 Å². The van der Waals surface area contributed by atoms with Gasteiger partial charge in [-0.25, -0.2) is 4.39 Å². The number of anilines is 1. The smallest absolute Gasteiger partial charge is 0.253 e. The molecule has 4 rings (SSSR count). The van der Waals surface area contributed by atoms with E-state index in [0.29, 0.717) is 22.4 Å². The van der Waals surface area contributed by atoms with Gasteiger partial charge >= 0.3 is 0 Å². The van der Waals surface area contributed by atoms with Crippen molar-refractivity contribution >= 4 is 17.5 Å². The summed E-state index contributed by atoms with van der Waals surface area (Å²) in [4.78, 5) is 38.9. The van der Waals surface area contributed by atoms with Crippen LogP contribution in [0.4, 0.5) is 10.1 Å². The number of halogens is 1. The number of methoxy groups -OCH3 is 1. The third-order valence-electron chi connectivity index (χ3n) is 6.37. The van der Waals surface area contributed by atoms with E-state index in [1.807, 2.05) is 6.92 Å². The summed E-state index contributed by atoms with van der Waals surface area (Å²) in [6.45, 7) is 1.87. The molecule has 204 valence electrons. The van der Waals surface area contributed by atoms with E-state index in [1.54, 1.807) is 42.2 Å². The minimum Gasteiger partial charge on any atom is -0.495 e. The quantitative estimate of drug-likeness (QED) is 0.351. The number of aryl methyl sites for hydroxylation is 2. The maximum atomic E-state index is 14.6. The van der Waals surface area contributed by atoms with Gasteiger partial charge in [0, 0.05) is 49.6 Å². The topological polar surface area (TPSA) is 131 Å². The molecule has 0 aliphatic carbocycles. The number of nitrogens with one attached hydrogen (secondary N) is 2. The van der Waals surface area contributed by atoms with Gasteiger partial charge < -0.3 is 15.4 Å². The molecule has 2 N–H and O–H groups in total. The van der Waals surface area contributed by atoms with Crippen molar-refractivity contribution in [2.75, 3.05) is 19.5 Å². The van der Waals surface area contributed by atoms with Crippen LogP contribution in [0.2, 0.25) is 0 Å². The first-order chi connectivity index (χ1) is 19.1. The van der Waals surface area contributed by atoms with Crippen molar-refractivity contribution in [2.45, 2.75) is 19.4 Å². The second kappa shape index (κ2) is 11.7. The average Bonchev–Trinajstić information content (AvgIpc) is 3.35. The lowest BCUT2D eigenvalue weighted by molar-refractivity contribution is -0.119. The third kappa shape index (κ3) is 5.76. The molecule has 1 atom stereocenters. The van der Waals surface area contributed by atoms with E-state index in [4.69, 9.17) is 4.74 Å². The fraction of sp³-hybridized carbons (Fsp3) is 0.207. The van der Waals surface area contributed by atoms with Crippen LogP contribution >= 0.6 is 0 Å². The minimum atomic E-state index is -1.10. The van der Waals surface area contributed by atoms with Crippen LogP contribution in [0.15, 0.2) is 65.7 Å². The summed E-state index contributed by atoms with van der Waals surface area (Å²) in [6, 6.07) is 13.0. The maximum Gasteiger partial charge on any atom is 0.253 e. The average molecular weight is 543 g/mol. The molecule has 0 saturated carbocycles. The summed E-state index contributed by atoms with van der Waals surface area (Å²) in [5, 5.41) is 19.0. The molecule has 0 bridgehead atoms. The Hall–Kier alpha value is -5.24. The van der Waals surface area contributed by atoms with Crippen LogP contribution in [0.25, 0.3) is 11.1 Å². The Morgan fingerprint density at radius 1 is 1.15 bits per heavy atom. The molecule has 0 aliphatic heterocycles. The van der Waals surface area contributed by atoms with Crippen molar-refractivity contribution in [1.29, 1.82) is 5.26 Å². The van der Waals surface area contributed by atoms with Gasteiger partial charge in [-0.2, -0.15) is 10.4 Å². The summed E-state index contributed by atoms with van der Waals surface area (Å²) < 4.78 is 22.9. The second-order valence-corrected chi connectivity index (χ2v) is 9.13. The Morgan fingerprint density at radius 2 is 1.93 bits per heavy atom. The van der Waals surface area contributed by atoms with E-state index < -0.39 is 29.2 Å².